The van der Waals surface area contributed by atoms with E-state index in [4.69, 9.17) is 5.11 Å². The van der Waals surface area contributed by atoms with Crippen LogP contribution >= 0.6 is 0 Å². The Morgan fingerprint density at radius 3 is 2.69 bits per heavy atom. The highest BCUT2D eigenvalue weighted by Gasteiger charge is 2.31. The molecule has 1 aromatic rings. The number of carboxylic acid groups (broad SMARTS) is 1. The maximum absolute atomic E-state index is 12.7. The van der Waals surface area contributed by atoms with Crippen LogP contribution in [0.3, 0.4) is 0 Å². The van der Waals surface area contributed by atoms with Crippen molar-refractivity contribution in [2.24, 2.45) is 0 Å². The Bertz CT molecular complexity index is 336. The molecule has 0 aliphatic carbocycles. The number of aromatic nitrogens is 1. The Morgan fingerprint density at radius 1 is 1.62 bits per heavy atom. The van der Waals surface area contributed by atoms with Crippen LogP contribution in [0.25, 0.3) is 0 Å². The Kier molecular flexibility index (Phi) is 2.32. The number of carboxylic acids is 1. The smallest absolute Gasteiger partial charge is 0.315 e. The van der Waals surface area contributed by atoms with Gasteiger partial charge < -0.3 is 5.11 Å². The average molecular weight is 183 g/mol. The number of rotatable bonds is 2. The molecule has 13 heavy (non-hydrogen) atoms. The molecule has 0 radical (unpaired) electrons. The van der Waals surface area contributed by atoms with Crippen molar-refractivity contribution in [3.8, 4) is 0 Å². The molecule has 0 spiro atoms. The van der Waals surface area contributed by atoms with Gasteiger partial charge in [0.25, 0.3) is 0 Å². The molecule has 1 rings (SSSR count). The minimum atomic E-state index is -1.15. The first-order chi connectivity index (χ1) is 5.94. The SMILES string of the molecule is CC(C)(C(=O)O)c1cc(F)ccn1. The summed E-state index contributed by atoms with van der Waals surface area (Å²) in [5.41, 5.74) is -0.928. The van der Waals surface area contributed by atoms with E-state index in [0.29, 0.717) is 0 Å². The van der Waals surface area contributed by atoms with Gasteiger partial charge in [0.05, 0.1) is 5.69 Å². The lowest BCUT2D eigenvalue weighted by molar-refractivity contribution is -0.142. The van der Waals surface area contributed by atoms with Crippen molar-refractivity contribution in [3.05, 3.63) is 29.8 Å². The highest BCUT2D eigenvalue weighted by molar-refractivity contribution is 5.79. The van der Waals surface area contributed by atoms with Crippen molar-refractivity contribution in [1.82, 2.24) is 4.98 Å². The molecular formula is C9H10FNO2. The first kappa shape index (κ1) is 9.64. The maximum Gasteiger partial charge on any atom is 0.315 e. The molecule has 1 aromatic heterocycles. The topological polar surface area (TPSA) is 50.2 Å². The van der Waals surface area contributed by atoms with Crippen molar-refractivity contribution in [2.75, 3.05) is 0 Å². The first-order valence-electron chi connectivity index (χ1n) is 3.80. The monoisotopic (exact) mass is 183 g/mol. The van der Waals surface area contributed by atoms with Gasteiger partial charge in [0.1, 0.15) is 11.2 Å². The van der Waals surface area contributed by atoms with Gasteiger partial charge in [0, 0.05) is 6.20 Å². The standard InChI is InChI=1S/C9H10FNO2/c1-9(2,8(12)13)7-5-6(10)3-4-11-7/h3-5H,1-2H3,(H,12,13). The summed E-state index contributed by atoms with van der Waals surface area (Å²) >= 11 is 0. The quantitative estimate of drug-likeness (QED) is 0.757. The molecule has 3 nitrogen and oxygen atoms in total. The van der Waals surface area contributed by atoms with E-state index in [9.17, 15) is 9.18 Å². The molecule has 0 amide bonds. The molecule has 0 aliphatic heterocycles. The van der Waals surface area contributed by atoms with Crippen LogP contribution in [0.1, 0.15) is 19.5 Å². The molecule has 0 aromatic carbocycles. The summed E-state index contributed by atoms with van der Waals surface area (Å²) in [7, 11) is 0. The predicted octanol–water partition coefficient (Wildman–Crippen LogP) is 1.58. The van der Waals surface area contributed by atoms with Gasteiger partial charge in [-0.25, -0.2) is 4.39 Å². The van der Waals surface area contributed by atoms with Gasteiger partial charge in [-0.1, -0.05) is 0 Å². The Balaban J connectivity index is 3.14. The number of carbonyl (C=O) groups is 1. The molecular weight excluding hydrogens is 173 g/mol. The largest absolute Gasteiger partial charge is 0.481 e. The minimum absolute atomic E-state index is 0.222. The van der Waals surface area contributed by atoms with Crippen molar-refractivity contribution in [1.29, 1.82) is 0 Å². The second-order valence-corrected chi connectivity index (χ2v) is 3.29. The second-order valence-electron chi connectivity index (χ2n) is 3.29. The summed E-state index contributed by atoms with van der Waals surface area (Å²) in [4.78, 5) is 14.6. The van der Waals surface area contributed by atoms with Gasteiger partial charge in [0.2, 0.25) is 0 Å². The molecule has 0 fully saturated rings. The third-order valence-corrected chi connectivity index (χ3v) is 1.90. The first-order valence-corrected chi connectivity index (χ1v) is 3.80. The Hall–Kier alpha value is -1.45. The van der Waals surface area contributed by atoms with Gasteiger partial charge in [-0.15, -0.1) is 0 Å². The molecule has 0 atom stereocenters. The molecule has 0 saturated carbocycles. The van der Waals surface area contributed by atoms with Gasteiger partial charge >= 0.3 is 5.97 Å². The normalized spacial score (nSPS) is 11.3. The van der Waals surface area contributed by atoms with Gasteiger partial charge in [-0.05, 0) is 26.0 Å². The van der Waals surface area contributed by atoms with E-state index < -0.39 is 17.2 Å². The molecule has 70 valence electrons. The summed E-state index contributed by atoms with van der Waals surface area (Å²) < 4.78 is 12.7. The highest BCUT2D eigenvalue weighted by atomic mass is 19.1. The number of nitrogens with zero attached hydrogens (tertiary/aromatic N) is 1. The zero-order chi connectivity index (χ0) is 10.1. The average Bonchev–Trinajstić information content (AvgIpc) is 2.04. The number of hydrogen-bond acceptors (Lipinski definition) is 2. The molecule has 0 unspecified atom stereocenters. The lowest BCUT2D eigenvalue weighted by atomic mass is 9.89. The lowest BCUT2D eigenvalue weighted by Crippen LogP contribution is -2.29. The Labute approximate surface area is 75.2 Å². The molecule has 1 heterocycles. The summed E-state index contributed by atoms with van der Waals surface area (Å²) in [6, 6.07) is 2.32. The highest BCUT2D eigenvalue weighted by Crippen LogP contribution is 2.21. The van der Waals surface area contributed by atoms with Crippen LogP contribution in [0.15, 0.2) is 18.3 Å². The number of pyridine rings is 1. The summed E-state index contributed by atoms with van der Waals surface area (Å²) in [5, 5.41) is 8.82. The van der Waals surface area contributed by atoms with Crippen LogP contribution in [-0.2, 0) is 10.2 Å². The predicted molar refractivity (Wildman–Crippen MR) is 44.9 cm³/mol. The van der Waals surface area contributed by atoms with E-state index in [1.54, 1.807) is 0 Å². The van der Waals surface area contributed by atoms with Crippen LogP contribution in [0.5, 0.6) is 0 Å². The zero-order valence-electron chi connectivity index (χ0n) is 7.41. The van der Waals surface area contributed by atoms with Gasteiger partial charge in [0.15, 0.2) is 0 Å². The van der Waals surface area contributed by atoms with E-state index >= 15 is 0 Å². The summed E-state index contributed by atoms with van der Waals surface area (Å²) in [6.07, 6.45) is 1.26. The van der Waals surface area contributed by atoms with E-state index in [-0.39, 0.29) is 5.69 Å². The molecule has 1 N–H and O–H groups in total. The third-order valence-electron chi connectivity index (χ3n) is 1.90. The summed E-state index contributed by atoms with van der Waals surface area (Å²) in [5.74, 6) is -1.50. The van der Waals surface area contributed by atoms with Crippen LogP contribution in [-0.4, -0.2) is 16.1 Å². The fraction of sp³-hybridized carbons (Fsp3) is 0.333. The minimum Gasteiger partial charge on any atom is -0.481 e. The van der Waals surface area contributed by atoms with Crippen LogP contribution in [0.2, 0.25) is 0 Å². The zero-order valence-corrected chi connectivity index (χ0v) is 7.41. The summed E-state index contributed by atoms with van der Waals surface area (Å²) in [6.45, 7) is 2.97. The van der Waals surface area contributed by atoms with Crippen LogP contribution in [0.4, 0.5) is 4.39 Å². The molecule has 4 heteroatoms. The number of aliphatic carboxylic acids is 1. The fourth-order valence-corrected chi connectivity index (χ4v) is 0.856. The van der Waals surface area contributed by atoms with Crippen LogP contribution < -0.4 is 0 Å². The van der Waals surface area contributed by atoms with Crippen molar-refractivity contribution < 1.29 is 14.3 Å². The van der Waals surface area contributed by atoms with Crippen LogP contribution in [0, 0.1) is 5.82 Å². The second kappa shape index (κ2) is 3.12. The number of hydrogen-bond donors (Lipinski definition) is 1. The van der Waals surface area contributed by atoms with E-state index in [2.05, 4.69) is 4.98 Å². The maximum atomic E-state index is 12.7. The lowest BCUT2D eigenvalue weighted by Gasteiger charge is -2.17. The van der Waals surface area contributed by atoms with E-state index in [0.717, 1.165) is 6.07 Å². The Morgan fingerprint density at radius 2 is 2.23 bits per heavy atom. The molecule has 0 saturated heterocycles. The van der Waals surface area contributed by atoms with Gasteiger partial charge in [-0.3, -0.25) is 9.78 Å². The van der Waals surface area contributed by atoms with Crippen molar-refractivity contribution in [2.45, 2.75) is 19.3 Å². The third kappa shape index (κ3) is 1.83. The van der Waals surface area contributed by atoms with Crippen molar-refractivity contribution >= 4 is 5.97 Å². The van der Waals surface area contributed by atoms with E-state index in [1.165, 1.54) is 26.1 Å². The van der Waals surface area contributed by atoms with Gasteiger partial charge in [-0.2, -0.15) is 0 Å². The molecule has 0 aliphatic rings. The van der Waals surface area contributed by atoms with Crippen molar-refractivity contribution in [3.63, 3.8) is 0 Å². The number of halogens is 1. The molecule has 0 bridgehead atoms. The fourth-order valence-electron chi connectivity index (χ4n) is 0.856. The van der Waals surface area contributed by atoms with E-state index in [1.807, 2.05) is 0 Å².